The molecule has 1 saturated heterocycles. The number of aromatic nitrogens is 4. The van der Waals surface area contributed by atoms with Crippen molar-refractivity contribution in [2.75, 3.05) is 20.1 Å². The van der Waals surface area contributed by atoms with Crippen LogP contribution in [-0.2, 0) is 11.3 Å². The molecular weight excluding hydrogens is 369 g/mol. The fraction of sp³-hybridized carbons (Fsp3) is 0.318. The Hall–Kier alpha value is -3.06. The molecule has 0 atom stereocenters. The molecule has 2 aromatic carbocycles. The smallest absolute Gasteiger partial charge is 0.141 e. The minimum Gasteiger partial charge on any atom is -0.301 e. The molecule has 146 valence electrons. The highest BCUT2D eigenvalue weighted by molar-refractivity contribution is 5.99. The summed E-state index contributed by atoms with van der Waals surface area (Å²) < 4.78 is 17.7. The molecule has 4 bridgehead atoms. The first-order valence-corrected chi connectivity index (χ1v) is 10.1. The minimum absolute atomic E-state index is 0.203. The molecule has 6 nitrogen and oxygen atoms in total. The van der Waals surface area contributed by atoms with Gasteiger partial charge in [-0.1, -0.05) is 12.1 Å². The number of aldehydes is 1. The molecule has 3 aliphatic heterocycles. The highest BCUT2D eigenvalue weighted by Gasteiger charge is 2.37. The van der Waals surface area contributed by atoms with Gasteiger partial charge in [0.15, 0.2) is 0 Å². The van der Waals surface area contributed by atoms with Crippen LogP contribution in [0.4, 0.5) is 4.39 Å². The normalized spacial score (nSPS) is 23.0. The Balaban J connectivity index is 1.77. The average molecular weight is 390 g/mol. The average Bonchev–Trinajstić information content (AvgIpc) is 3.29. The maximum Gasteiger partial charge on any atom is 0.141 e. The van der Waals surface area contributed by atoms with Crippen molar-refractivity contribution in [3.63, 3.8) is 0 Å². The third-order valence-corrected chi connectivity index (χ3v) is 6.74. The van der Waals surface area contributed by atoms with Gasteiger partial charge in [-0.3, -0.25) is 4.68 Å². The van der Waals surface area contributed by atoms with Crippen molar-refractivity contribution in [1.82, 2.24) is 24.3 Å². The number of quaternary nitrogens is 1. The molecule has 5 heterocycles. The summed E-state index contributed by atoms with van der Waals surface area (Å²) in [5.41, 5.74) is 4.22. The number of benzene rings is 2. The lowest BCUT2D eigenvalue weighted by molar-refractivity contribution is -0.108. The van der Waals surface area contributed by atoms with E-state index in [-0.39, 0.29) is 18.3 Å². The number of carbonyl (C=O) groups excluding carboxylic acids is 1. The van der Waals surface area contributed by atoms with Gasteiger partial charge in [-0.2, -0.15) is 5.10 Å². The molecule has 0 saturated carbocycles. The number of hydrogen-bond acceptors (Lipinski definition) is 3. The Morgan fingerprint density at radius 3 is 2.83 bits per heavy atom. The van der Waals surface area contributed by atoms with Crippen molar-refractivity contribution in [2.24, 2.45) is 0 Å². The second kappa shape index (κ2) is 5.73. The topological polar surface area (TPSA) is 52.7 Å². The molecule has 7 rings (SSSR count). The van der Waals surface area contributed by atoms with E-state index in [0.717, 1.165) is 65.3 Å². The van der Waals surface area contributed by atoms with Crippen molar-refractivity contribution < 1.29 is 9.18 Å². The summed E-state index contributed by atoms with van der Waals surface area (Å²) in [6.45, 7) is 2.06. The molecular formula is C22H21FN5O+. The van der Waals surface area contributed by atoms with Gasteiger partial charge in [0, 0.05) is 35.1 Å². The highest BCUT2D eigenvalue weighted by atomic mass is 19.1. The maximum absolute atomic E-state index is 15.2. The second-order valence-electron chi connectivity index (χ2n) is 8.42. The first-order valence-electron chi connectivity index (χ1n) is 10.1. The predicted octanol–water partition coefficient (Wildman–Crippen LogP) is 3.35. The van der Waals surface area contributed by atoms with E-state index < -0.39 is 0 Å². The van der Waals surface area contributed by atoms with Crippen LogP contribution in [0.15, 0.2) is 36.5 Å². The van der Waals surface area contributed by atoms with Crippen LogP contribution in [0.5, 0.6) is 0 Å². The Kier molecular flexibility index (Phi) is 3.33. The number of carbonyl (C=O) groups is 1. The van der Waals surface area contributed by atoms with Crippen LogP contribution in [0.3, 0.4) is 0 Å². The van der Waals surface area contributed by atoms with E-state index in [9.17, 15) is 4.79 Å². The number of halogens is 1. The van der Waals surface area contributed by atoms with Crippen LogP contribution < -0.4 is 4.59 Å². The summed E-state index contributed by atoms with van der Waals surface area (Å²) in [6.07, 6.45) is 4.57. The van der Waals surface area contributed by atoms with Gasteiger partial charge in [0.25, 0.3) is 0 Å². The van der Waals surface area contributed by atoms with Gasteiger partial charge in [0.2, 0.25) is 0 Å². The number of hydrogen-bond donors (Lipinski definition) is 0. The largest absolute Gasteiger partial charge is 0.301 e. The molecule has 0 amide bonds. The van der Waals surface area contributed by atoms with E-state index in [0.29, 0.717) is 10.2 Å². The predicted molar refractivity (Wildman–Crippen MR) is 110 cm³/mol. The monoisotopic (exact) mass is 390 g/mol. The van der Waals surface area contributed by atoms with Crippen LogP contribution >= 0.6 is 0 Å². The first kappa shape index (κ1) is 16.9. The molecule has 3 aliphatic rings. The van der Waals surface area contributed by atoms with Crippen LogP contribution in [0.25, 0.3) is 32.9 Å². The Morgan fingerprint density at radius 1 is 1.21 bits per heavy atom. The van der Waals surface area contributed by atoms with Gasteiger partial charge in [0.1, 0.15) is 30.7 Å². The molecule has 0 spiro atoms. The minimum atomic E-state index is -0.261. The summed E-state index contributed by atoms with van der Waals surface area (Å²) in [5, 5.41) is 11.3. The molecule has 1 fully saturated rings. The van der Waals surface area contributed by atoms with Gasteiger partial charge in [-0.05, 0) is 23.8 Å². The van der Waals surface area contributed by atoms with Crippen molar-refractivity contribution in [1.29, 1.82) is 0 Å². The third-order valence-electron chi connectivity index (χ3n) is 6.74. The standard InChI is InChI=1S/C22H21FN5O/c1-28-8-5-14(6-9-28)22-21-16(3-2-4-19(21)26(25-22)7-10-29)17-12-20-15(11-18(17)23)13-24-27(20)28/h2-4,10-14H,5-9H2,1H3/q+1. The summed E-state index contributed by atoms with van der Waals surface area (Å²) >= 11 is 0. The van der Waals surface area contributed by atoms with Crippen molar-refractivity contribution in [3.8, 4) is 11.1 Å². The van der Waals surface area contributed by atoms with E-state index >= 15 is 4.39 Å². The van der Waals surface area contributed by atoms with Crippen LogP contribution in [0.1, 0.15) is 24.5 Å². The van der Waals surface area contributed by atoms with Gasteiger partial charge < -0.3 is 4.79 Å². The SMILES string of the molecule is C[N+]12CCC(CC1)c1nn(CC=O)c3cccc(c13)-c1cc3c(cnn32)cc1F. The number of fused-ring (bicyclic) bond motifs is 2. The lowest BCUT2D eigenvalue weighted by Crippen LogP contribution is -2.59. The second-order valence-corrected chi connectivity index (χ2v) is 8.42. The zero-order valence-corrected chi connectivity index (χ0v) is 16.2. The van der Waals surface area contributed by atoms with Crippen LogP contribution in [0, 0.1) is 5.82 Å². The van der Waals surface area contributed by atoms with Gasteiger partial charge in [0.05, 0.1) is 31.0 Å². The van der Waals surface area contributed by atoms with Gasteiger partial charge in [-0.15, -0.1) is 9.89 Å². The Bertz CT molecular complexity index is 1300. The Morgan fingerprint density at radius 2 is 2.03 bits per heavy atom. The summed E-state index contributed by atoms with van der Waals surface area (Å²) in [6, 6.07) is 9.36. The molecule has 7 heteroatoms. The van der Waals surface area contributed by atoms with Gasteiger partial charge in [-0.25, -0.2) is 8.98 Å². The van der Waals surface area contributed by atoms with E-state index in [1.54, 1.807) is 16.9 Å². The molecule has 0 N–H and O–H groups in total. The fourth-order valence-corrected chi connectivity index (χ4v) is 5.19. The van der Waals surface area contributed by atoms with Gasteiger partial charge >= 0.3 is 0 Å². The van der Waals surface area contributed by atoms with Crippen molar-refractivity contribution in [2.45, 2.75) is 25.3 Å². The van der Waals surface area contributed by atoms with E-state index in [4.69, 9.17) is 5.10 Å². The quantitative estimate of drug-likeness (QED) is 0.390. The molecule has 4 aromatic rings. The lowest BCUT2D eigenvalue weighted by Gasteiger charge is -2.38. The molecule has 29 heavy (non-hydrogen) atoms. The Labute approximate surface area is 166 Å². The first-order chi connectivity index (χ1) is 14.1. The highest BCUT2D eigenvalue weighted by Crippen LogP contribution is 2.41. The van der Waals surface area contributed by atoms with Crippen LogP contribution in [-0.4, -0.2) is 46.1 Å². The van der Waals surface area contributed by atoms with E-state index in [1.807, 2.05) is 29.1 Å². The number of piperidine rings is 1. The lowest BCUT2D eigenvalue weighted by atomic mass is 9.89. The molecule has 0 aliphatic carbocycles. The molecule has 0 unspecified atom stereocenters. The number of rotatable bonds is 2. The fourth-order valence-electron chi connectivity index (χ4n) is 5.19. The van der Waals surface area contributed by atoms with Crippen molar-refractivity contribution in [3.05, 3.63) is 48.0 Å². The van der Waals surface area contributed by atoms with E-state index in [1.165, 1.54) is 0 Å². The molecule has 0 radical (unpaired) electrons. The zero-order chi connectivity index (χ0) is 19.8. The van der Waals surface area contributed by atoms with Crippen LogP contribution in [0.2, 0.25) is 0 Å². The number of nitrogens with zero attached hydrogens (tertiary/aromatic N) is 5. The summed E-state index contributed by atoms with van der Waals surface area (Å²) in [7, 11) is 2.19. The summed E-state index contributed by atoms with van der Waals surface area (Å²) in [4.78, 5) is 13.3. The molecule has 2 aromatic heterocycles. The zero-order valence-electron chi connectivity index (χ0n) is 16.2. The third kappa shape index (κ3) is 2.22. The van der Waals surface area contributed by atoms with Crippen molar-refractivity contribution >= 4 is 28.1 Å². The van der Waals surface area contributed by atoms with E-state index in [2.05, 4.69) is 12.1 Å². The maximum atomic E-state index is 15.2. The summed E-state index contributed by atoms with van der Waals surface area (Å²) in [5.74, 6) is 0.0197.